The Kier molecular flexibility index (Phi) is 5.26. The van der Waals surface area contributed by atoms with E-state index in [2.05, 4.69) is 30.4 Å². The molecule has 1 aromatic rings. The quantitative estimate of drug-likeness (QED) is 0.466. The first-order valence-corrected chi connectivity index (χ1v) is 6.03. The standard InChI is InChI=1S/C10H7BrF5NO3/c1-19-9(18)7-6(8(12)13)4(2-11)5(3-17-7)20-10(14,15)16/h3,8H,2H2,1H3. The van der Waals surface area contributed by atoms with Gasteiger partial charge in [-0.25, -0.2) is 18.6 Å². The van der Waals surface area contributed by atoms with E-state index in [0.29, 0.717) is 6.20 Å². The van der Waals surface area contributed by atoms with E-state index in [1.807, 2.05) is 0 Å². The fraction of sp³-hybridized carbons (Fsp3) is 0.400. The Labute approximate surface area is 118 Å². The van der Waals surface area contributed by atoms with Crippen LogP contribution in [0.2, 0.25) is 0 Å². The second kappa shape index (κ2) is 6.33. The van der Waals surface area contributed by atoms with Gasteiger partial charge >= 0.3 is 12.3 Å². The number of halogens is 6. The van der Waals surface area contributed by atoms with E-state index in [4.69, 9.17) is 0 Å². The number of esters is 1. The van der Waals surface area contributed by atoms with Crippen LogP contribution in [0.1, 0.15) is 28.0 Å². The Balaban J connectivity index is 3.45. The number of methoxy groups -OCH3 is 1. The summed E-state index contributed by atoms with van der Waals surface area (Å²) in [6.07, 6.45) is -7.74. The van der Waals surface area contributed by atoms with Crippen molar-refractivity contribution in [2.24, 2.45) is 0 Å². The summed E-state index contributed by atoms with van der Waals surface area (Å²) in [5.41, 5.74) is -2.24. The Morgan fingerprint density at radius 2 is 2.05 bits per heavy atom. The van der Waals surface area contributed by atoms with Crippen LogP contribution in [0.5, 0.6) is 5.75 Å². The average Bonchev–Trinajstić information content (AvgIpc) is 2.35. The molecular weight excluding hydrogens is 357 g/mol. The Morgan fingerprint density at radius 3 is 2.45 bits per heavy atom. The van der Waals surface area contributed by atoms with Gasteiger partial charge in [0.15, 0.2) is 11.4 Å². The van der Waals surface area contributed by atoms with E-state index in [0.717, 1.165) is 7.11 Å². The third-order valence-corrected chi connectivity index (χ3v) is 2.71. The van der Waals surface area contributed by atoms with Crippen molar-refractivity contribution in [3.8, 4) is 5.75 Å². The molecule has 4 nitrogen and oxygen atoms in total. The van der Waals surface area contributed by atoms with Gasteiger partial charge in [-0.05, 0) is 0 Å². The average molecular weight is 364 g/mol. The van der Waals surface area contributed by atoms with Gasteiger partial charge in [0.2, 0.25) is 0 Å². The Bertz CT molecular complexity index is 506. The molecule has 0 unspecified atom stereocenters. The molecule has 0 aromatic carbocycles. The van der Waals surface area contributed by atoms with Crippen LogP contribution in [0.15, 0.2) is 6.20 Å². The summed E-state index contributed by atoms with van der Waals surface area (Å²) in [6, 6.07) is 0. The maximum atomic E-state index is 13.0. The number of rotatable bonds is 4. The van der Waals surface area contributed by atoms with Crippen LogP contribution >= 0.6 is 15.9 Å². The lowest BCUT2D eigenvalue weighted by molar-refractivity contribution is -0.275. The molecule has 0 aliphatic heterocycles. The van der Waals surface area contributed by atoms with Crippen molar-refractivity contribution in [1.29, 1.82) is 0 Å². The van der Waals surface area contributed by atoms with Crippen molar-refractivity contribution in [3.63, 3.8) is 0 Å². The fourth-order valence-corrected chi connectivity index (χ4v) is 1.97. The van der Waals surface area contributed by atoms with Gasteiger partial charge in [-0.15, -0.1) is 13.2 Å². The summed E-state index contributed by atoms with van der Waals surface area (Å²) < 4.78 is 70.3. The molecule has 0 spiro atoms. The van der Waals surface area contributed by atoms with Gasteiger partial charge in [-0.1, -0.05) is 15.9 Å². The minimum Gasteiger partial charge on any atom is -0.464 e. The van der Waals surface area contributed by atoms with Crippen molar-refractivity contribution < 1.29 is 36.2 Å². The molecule has 0 saturated carbocycles. The molecule has 10 heteroatoms. The van der Waals surface area contributed by atoms with Crippen LogP contribution in [0.3, 0.4) is 0 Å². The minimum absolute atomic E-state index is 0.384. The zero-order chi connectivity index (χ0) is 15.5. The summed E-state index contributed by atoms with van der Waals surface area (Å²) in [5, 5.41) is -0.384. The maximum Gasteiger partial charge on any atom is 0.573 e. The van der Waals surface area contributed by atoms with Gasteiger partial charge < -0.3 is 9.47 Å². The van der Waals surface area contributed by atoms with Gasteiger partial charge in [0.05, 0.1) is 18.9 Å². The second-order valence-corrected chi connectivity index (χ2v) is 3.90. The molecule has 1 aromatic heterocycles. The van der Waals surface area contributed by atoms with Gasteiger partial charge in [0.1, 0.15) is 0 Å². The van der Waals surface area contributed by atoms with Crippen LogP contribution < -0.4 is 4.74 Å². The molecule has 0 amide bonds. The molecular formula is C10H7BrF5NO3. The molecule has 20 heavy (non-hydrogen) atoms. The lowest BCUT2D eigenvalue weighted by Crippen LogP contribution is -2.20. The molecule has 1 rings (SSSR count). The third kappa shape index (κ3) is 3.78. The van der Waals surface area contributed by atoms with E-state index >= 15 is 0 Å². The molecule has 0 N–H and O–H groups in total. The highest BCUT2D eigenvalue weighted by molar-refractivity contribution is 9.08. The Morgan fingerprint density at radius 1 is 1.45 bits per heavy atom. The number of ether oxygens (including phenoxy) is 2. The molecule has 112 valence electrons. The lowest BCUT2D eigenvalue weighted by Gasteiger charge is -2.16. The van der Waals surface area contributed by atoms with E-state index in [-0.39, 0.29) is 5.33 Å². The number of hydrogen-bond acceptors (Lipinski definition) is 4. The number of alkyl halides is 6. The van der Waals surface area contributed by atoms with E-state index in [9.17, 15) is 26.7 Å². The zero-order valence-corrected chi connectivity index (χ0v) is 11.4. The number of aromatic nitrogens is 1. The van der Waals surface area contributed by atoms with Crippen molar-refractivity contribution in [2.75, 3.05) is 7.11 Å². The second-order valence-electron chi connectivity index (χ2n) is 3.34. The molecule has 1 heterocycles. The normalized spacial score (nSPS) is 11.6. The summed E-state index contributed by atoms with van der Waals surface area (Å²) in [4.78, 5) is 14.6. The Hall–Kier alpha value is -1.45. The van der Waals surface area contributed by atoms with E-state index < -0.39 is 41.3 Å². The first kappa shape index (κ1) is 16.6. The number of hydrogen-bond donors (Lipinski definition) is 0. The molecule has 0 aliphatic rings. The highest BCUT2D eigenvalue weighted by Gasteiger charge is 2.35. The number of nitrogens with zero attached hydrogens (tertiary/aromatic N) is 1. The van der Waals surface area contributed by atoms with Gasteiger partial charge in [0.25, 0.3) is 6.43 Å². The monoisotopic (exact) mass is 363 g/mol. The topological polar surface area (TPSA) is 48.4 Å². The smallest absolute Gasteiger partial charge is 0.464 e. The van der Waals surface area contributed by atoms with Crippen molar-refractivity contribution in [1.82, 2.24) is 4.98 Å². The molecule has 0 bridgehead atoms. The molecule has 0 saturated heterocycles. The number of pyridine rings is 1. The molecule has 0 atom stereocenters. The largest absolute Gasteiger partial charge is 0.573 e. The molecule has 0 aliphatic carbocycles. The maximum absolute atomic E-state index is 13.0. The van der Waals surface area contributed by atoms with Crippen molar-refractivity contribution in [3.05, 3.63) is 23.0 Å². The highest BCUT2D eigenvalue weighted by Crippen LogP contribution is 2.36. The highest BCUT2D eigenvalue weighted by atomic mass is 79.9. The van der Waals surface area contributed by atoms with Crippen LogP contribution in [0.25, 0.3) is 0 Å². The first-order valence-electron chi connectivity index (χ1n) is 4.91. The summed E-state index contributed by atoms with van der Waals surface area (Å²) in [6.45, 7) is 0. The summed E-state index contributed by atoms with van der Waals surface area (Å²) in [7, 11) is 0.938. The number of carbonyl (C=O) groups excluding carboxylic acids is 1. The zero-order valence-electron chi connectivity index (χ0n) is 9.80. The van der Waals surface area contributed by atoms with E-state index in [1.54, 1.807) is 0 Å². The fourth-order valence-electron chi connectivity index (χ4n) is 1.39. The summed E-state index contributed by atoms with van der Waals surface area (Å²) in [5.74, 6) is -2.08. The molecule has 0 radical (unpaired) electrons. The van der Waals surface area contributed by atoms with Crippen LogP contribution in [0.4, 0.5) is 22.0 Å². The predicted molar refractivity (Wildman–Crippen MR) is 59.8 cm³/mol. The van der Waals surface area contributed by atoms with Crippen molar-refractivity contribution >= 4 is 21.9 Å². The minimum atomic E-state index is -5.06. The van der Waals surface area contributed by atoms with Crippen LogP contribution in [-0.4, -0.2) is 24.4 Å². The van der Waals surface area contributed by atoms with Crippen LogP contribution in [0, 0.1) is 0 Å². The van der Waals surface area contributed by atoms with Gasteiger partial charge in [-0.3, -0.25) is 0 Å². The SMILES string of the molecule is COC(=O)c1ncc(OC(F)(F)F)c(CBr)c1C(F)F. The van der Waals surface area contributed by atoms with Gasteiger partial charge in [0, 0.05) is 10.9 Å². The van der Waals surface area contributed by atoms with Crippen molar-refractivity contribution in [2.45, 2.75) is 18.1 Å². The molecule has 0 fully saturated rings. The summed E-state index contributed by atoms with van der Waals surface area (Å²) >= 11 is 2.78. The number of carbonyl (C=O) groups is 1. The lowest BCUT2D eigenvalue weighted by atomic mass is 10.1. The predicted octanol–water partition coefficient (Wildman–Crippen LogP) is 3.60. The van der Waals surface area contributed by atoms with Crippen LogP contribution in [-0.2, 0) is 10.1 Å². The van der Waals surface area contributed by atoms with E-state index in [1.165, 1.54) is 0 Å². The van der Waals surface area contributed by atoms with Gasteiger partial charge in [-0.2, -0.15) is 0 Å². The first-order chi connectivity index (χ1) is 9.21. The third-order valence-electron chi connectivity index (χ3n) is 2.14.